The van der Waals surface area contributed by atoms with Crippen LogP contribution in [0.1, 0.15) is 32.2 Å². The molecule has 2 aromatic carbocycles. The molecule has 0 aliphatic heterocycles. The minimum Gasteiger partial charge on any atom is -0.495 e. The fourth-order valence-electron chi connectivity index (χ4n) is 2.66. The van der Waals surface area contributed by atoms with Gasteiger partial charge in [-0.05, 0) is 29.2 Å². The Balaban J connectivity index is 1.75. The molecule has 0 unspecified atom stereocenters. The monoisotopic (exact) mass is 479 g/mol. The van der Waals surface area contributed by atoms with Crippen LogP contribution < -0.4 is 9.46 Å². The van der Waals surface area contributed by atoms with Crippen molar-refractivity contribution in [1.29, 1.82) is 0 Å². The van der Waals surface area contributed by atoms with Crippen molar-refractivity contribution in [3.63, 3.8) is 0 Å². The number of rotatable bonds is 6. The van der Waals surface area contributed by atoms with Crippen LogP contribution >= 0.6 is 15.9 Å². The number of hydrogen-bond donors (Lipinski definition) is 1. The highest BCUT2D eigenvalue weighted by molar-refractivity contribution is 9.10. The van der Waals surface area contributed by atoms with Gasteiger partial charge >= 0.3 is 0 Å². The molecule has 154 valence electrons. The summed E-state index contributed by atoms with van der Waals surface area (Å²) in [6.45, 7) is 6.29. The number of nitrogens with zero attached hydrogens (tertiary/aromatic N) is 2. The lowest BCUT2D eigenvalue weighted by Gasteiger charge is -2.18. The van der Waals surface area contributed by atoms with E-state index in [1.54, 1.807) is 12.1 Å². The third kappa shape index (κ3) is 5.04. The number of ether oxygens (including phenoxy) is 1. The summed E-state index contributed by atoms with van der Waals surface area (Å²) in [5.74, 6) is 0.808. The van der Waals surface area contributed by atoms with Gasteiger partial charge < -0.3 is 9.26 Å². The van der Waals surface area contributed by atoms with Crippen molar-refractivity contribution in [2.75, 3.05) is 7.11 Å². The van der Waals surface area contributed by atoms with Crippen molar-refractivity contribution in [3.8, 4) is 17.1 Å². The van der Waals surface area contributed by atoms with Crippen LogP contribution in [-0.4, -0.2) is 25.7 Å². The molecule has 9 heteroatoms. The lowest BCUT2D eigenvalue weighted by Crippen LogP contribution is -2.24. The Bertz CT molecular complexity index is 1100. The molecule has 0 aliphatic carbocycles. The summed E-state index contributed by atoms with van der Waals surface area (Å²) in [4.78, 5) is 4.30. The van der Waals surface area contributed by atoms with E-state index in [-0.39, 0.29) is 28.5 Å². The molecular weight excluding hydrogens is 458 g/mol. The summed E-state index contributed by atoms with van der Waals surface area (Å²) >= 11 is 3.27. The van der Waals surface area contributed by atoms with Gasteiger partial charge in [0.25, 0.3) is 0 Å². The summed E-state index contributed by atoms with van der Waals surface area (Å²) in [7, 11) is -2.42. The molecule has 1 N–H and O–H groups in total. The minimum atomic E-state index is -3.83. The van der Waals surface area contributed by atoms with Crippen LogP contribution in [0.2, 0.25) is 0 Å². The van der Waals surface area contributed by atoms with Gasteiger partial charge in [-0.3, -0.25) is 0 Å². The molecule has 0 bridgehead atoms. The van der Waals surface area contributed by atoms with Gasteiger partial charge in [0.2, 0.25) is 21.7 Å². The topological polar surface area (TPSA) is 94.3 Å². The number of sulfonamides is 1. The van der Waals surface area contributed by atoms with Crippen LogP contribution in [0.4, 0.5) is 0 Å². The van der Waals surface area contributed by atoms with Crippen LogP contribution in [0, 0.1) is 0 Å². The quantitative estimate of drug-likeness (QED) is 0.566. The Kier molecular flexibility index (Phi) is 6.11. The van der Waals surface area contributed by atoms with Crippen molar-refractivity contribution in [2.45, 2.75) is 37.6 Å². The SMILES string of the molecule is COc1ccc(Br)cc1S(=O)(=O)NCc1nc(-c2ccc(C(C)(C)C)cc2)no1. The van der Waals surface area contributed by atoms with E-state index in [0.29, 0.717) is 10.3 Å². The maximum Gasteiger partial charge on any atom is 0.244 e. The molecule has 1 aromatic heterocycles. The zero-order valence-corrected chi connectivity index (χ0v) is 19.0. The average molecular weight is 480 g/mol. The highest BCUT2D eigenvalue weighted by Gasteiger charge is 2.21. The molecular formula is C20H22BrN3O4S. The van der Waals surface area contributed by atoms with Crippen LogP contribution in [0.15, 0.2) is 56.4 Å². The second-order valence-electron chi connectivity index (χ2n) is 7.46. The number of benzene rings is 2. The van der Waals surface area contributed by atoms with Crippen LogP contribution in [0.5, 0.6) is 5.75 Å². The lowest BCUT2D eigenvalue weighted by atomic mass is 9.87. The molecule has 0 radical (unpaired) electrons. The van der Waals surface area contributed by atoms with Crippen LogP contribution in [-0.2, 0) is 22.0 Å². The third-order valence-corrected chi connectivity index (χ3v) is 6.22. The summed E-state index contributed by atoms with van der Waals surface area (Å²) in [6, 6.07) is 12.6. The number of methoxy groups -OCH3 is 1. The Morgan fingerprint density at radius 1 is 1.14 bits per heavy atom. The molecule has 29 heavy (non-hydrogen) atoms. The van der Waals surface area contributed by atoms with Crippen LogP contribution in [0.25, 0.3) is 11.4 Å². The zero-order chi connectivity index (χ0) is 21.2. The lowest BCUT2D eigenvalue weighted by molar-refractivity contribution is 0.375. The Morgan fingerprint density at radius 2 is 1.83 bits per heavy atom. The standard InChI is InChI=1S/C20H22BrN3O4S/c1-20(2,3)14-7-5-13(6-8-14)19-23-18(28-24-19)12-22-29(25,26)17-11-15(21)9-10-16(17)27-4/h5-11,22H,12H2,1-4H3. The molecule has 0 amide bonds. The highest BCUT2D eigenvalue weighted by Crippen LogP contribution is 2.28. The normalized spacial score (nSPS) is 12.2. The molecule has 0 saturated carbocycles. The number of halogens is 1. The highest BCUT2D eigenvalue weighted by atomic mass is 79.9. The third-order valence-electron chi connectivity index (χ3n) is 4.31. The van der Waals surface area contributed by atoms with Gasteiger partial charge in [0.1, 0.15) is 10.6 Å². The maximum absolute atomic E-state index is 12.6. The van der Waals surface area contributed by atoms with Crippen LogP contribution in [0.3, 0.4) is 0 Å². The van der Waals surface area contributed by atoms with Gasteiger partial charge in [-0.1, -0.05) is 66.1 Å². The van der Waals surface area contributed by atoms with Gasteiger partial charge in [0, 0.05) is 10.0 Å². The molecule has 1 heterocycles. The summed E-state index contributed by atoms with van der Waals surface area (Å²) in [5.41, 5.74) is 2.04. The second kappa shape index (κ2) is 8.25. The van der Waals surface area contributed by atoms with E-state index in [1.807, 2.05) is 24.3 Å². The molecule has 0 spiro atoms. The number of aromatic nitrogens is 2. The van der Waals surface area contributed by atoms with E-state index >= 15 is 0 Å². The number of nitrogens with one attached hydrogen (secondary N) is 1. The predicted molar refractivity (Wildman–Crippen MR) is 113 cm³/mol. The Hall–Kier alpha value is -2.23. The first kappa shape index (κ1) is 21.5. The first-order valence-electron chi connectivity index (χ1n) is 8.87. The fourth-order valence-corrected chi connectivity index (χ4v) is 4.34. The van der Waals surface area contributed by atoms with E-state index in [9.17, 15) is 8.42 Å². The average Bonchev–Trinajstić information content (AvgIpc) is 3.15. The molecule has 7 nitrogen and oxygen atoms in total. The smallest absolute Gasteiger partial charge is 0.244 e. The molecule has 0 aliphatic rings. The van der Waals surface area contributed by atoms with Crippen molar-refractivity contribution in [3.05, 3.63) is 58.4 Å². The Morgan fingerprint density at radius 3 is 2.45 bits per heavy atom. The summed E-state index contributed by atoms with van der Waals surface area (Å²) < 4.78 is 38.7. The van der Waals surface area contributed by atoms with Gasteiger partial charge in [0.15, 0.2) is 0 Å². The molecule has 0 atom stereocenters. The first-order valence-corrected chi connectivity index (χ1v) is 11.1. The van der Waals surface area contributed by atoms with E-state index in [1.165, 1.54) is 18.7 Å². The zero-order valence-electron chi connectivity index (χ0n) is 16.6. The molecule has 3 rings (SSSR count). The second-order valence-corrected chi connectivity index (χ2v) is 10.1. The van der Waals surface area contributed by atoms with Gasteiger partial charge in [-0.15, -0.1) is 0 Å². The number of hydrogen-bond acceptors (Lipinski definition) is 6. The van der Waals surface area contributed by atoms with E-state index in [4.69, 9.17) is 9.26 Å². The van der Waals surface area contributed by atoms with Crippen molar-refractivity contribution < 1.29 is 17.7 Å². The van der Waals surface area contributed by atoms with Gasteiger partial charge in [0.05, 0.1) is 13.7 Å². The van der Waals surface area contributed by atoms with Gasteiger partial charge in [-0.2, -0.15) is 4.98 Å². The summed E-state index contributed by atoms with van der Waals surface area (Å²) in [5, 5.41) is 3.95. The van der Waals surface area contributed by atoms with Crippen molar-refractivity contribution >= 4 is 26.0 Å². The first-order chi connectivity index (χ1) is 13.6. The van der Waals surface area contributed by atoms with Crippen molar-refractivity contribution in [1.82, 2.24) is 14.9 Å². The summed E-state index contributed by atoms with van der Waals surface area (Å²) in [6.07, 6.45) is 0. The predicted octanol–water partition coefficient (Wildman–Crippen LogP) is 4.28. The minimum absolute atomic E-state index is 0.0203. The van der Waals surface area contributed by atoms with Gasteiger partial charge in [-0.25, -0.2) is 13.1 Å². The van der Waals surface area contributed by atoms with E-state index in [2.05, 4.69) is 51.6 Å². The molecule has 0 fully saturated rings. The maximum atomic E-state index is 12.6. The fraction of sp³-hybridized carbons (Fsp3) is 0.300. The Labute approximate surface area is 178 Å². The van der Waals surface area contributed by atoms with Crippen molar-refractivity contribution in [2.24, 2.45) is 0 Å². The molecule has 3 aromatic rings. The molecule has 0 saturated heterocycles. The largest absolute Gasteiger partial charge is 0.495 e. The van der Waals surface area contributed by atoms with E-state index in [0.717, 1.165) is 5.56 Å². The van der Waals surface area contributed by atoms with E-state index < -0.39 is 10.0 Å².